The Morgan fingerprint density at radius 3 is 2.03 bits per heavy atom. The number of urea groups is 1. The van der Waals surface area contributed by atoms with Gasteiger partial charge in [-0.15, -0.1) is 0 Å². The van der Waals surface area contributed by atoms with Crippen LogP contribution in [-0.2, 0) is 25.7 Å². The van der Waals surface area contributed by atoms with Crippen LogP contribution in [0.4, 0.5) is 10.5 Å². The molecular formula is C25H26N4O6. The molecule has 0 atom stereocenters. The second-order valence-electron chi connectivity index (χ2n) is 8.31. The summed E-state index contributed by atoms with van der Waals surface area (Å²) in [6, 6.07) is 15.3. The molecule has 2 heterocycles. The van der Waals surface area contributed by atoms with E-state index < -0.39 is 12.6 Å². The fraction of sp³-hybridized carbons (Fsp3) is 0.320. The largest absolute Gasteiger partial charge is 0.452 e. The molecule has 0 spiro atoms. The molecule has 10 heteroatoms. The van der Waals surface area contributed by atoms with Crippen LogP contribution in [0.15, 0.2) is 54.6 Å². The second kappa shape index (κ2) is 10.8. The molecule has 0 unspecified atom stereocenters. The van der Waals surface area contributed by atoms with Gasteiger partial charge in [0.25, 0.3) is 5.91 Å². The van der Waals surface area contributed by atoms with Gasteiger partial charge in [0.1, 0.15) is 0 Å². The molecule has 0 radical (unpaired) electrons. The second-order valence-corrected chi connectivity index (χ2v) is 8.31. The predicted molar refractivity (Wildman–Crippen MR) is 125 cm³/mol. The monoisotopic (exact) mass is 478 g/mol. The Bertz CT molecular complexity index is 1090. The molecule has 0 bridgehead atoms. The lowest BCUT2D eigenvalue weighted by atomic mass is 10.1. The van der Waals surface area contributed by atoms with E-state index >= 15 is 0 Å². The number of rotatable bonds is 6. The van der Waals surface area contributed by atoms with Crippen LogP contribution >= 0.6 is 0 Å². The number of nitrogens with zero attached hydrogens (tertiary/aromatic N) is 3. The third-order valence-electron chi connectivity index (χ3n) is 5.96. The summed E-state index contributed by atoms with van der Waals surface area (Å²) in [7, 11) is 0. The van der Waals surface area contributed by atoms with Crippen molar-refractivity contribution in [1.82, 2.24) is 14.7 Å². The Morgan fingerprint density at radius 2 is 1.40 bits per heavy atom. The van der Waals surface area contributed by atoms with Crippen LogP contribution in [0.5, 0.6) is 0 Å². The van der Waals surface area contributed by atoms with Crippen LogP contribution in [-0.4, -0.2) is 77.2 Å². The fourth-order valence-electron chi connectivity index (χ4n) is 3.91. The molecule has 2 aliphatic rings. The smallest absolute Gasteiger partial charge is 0.338 e. The van der Waals surface area contributed by atoms with Crippen LogP contribution in [0.25, 0.3) is 0 Å². The number of esters is 1. The van der Waals surface area contributed by atoms with Crippen molar-refractivity contribution in [2.45, 2.75) is 19.4 Å². The number of hydrogen-bond acceptors (Lipinski definition) is 6. The van der Waals surface area contributed by atoms with Crippen LogP contribution in [0, 0.1) is 0 Å². The molecule has 0 saturated carbocycles. The Balaban J connectivity index is 1.20. The van der Waals surface area contributed by atoms with Crippen LogP contribution in [0.3, 0.4) is 0 Å². The molecule has 2 aromatic carbocycles. The van der Waals surface area contributed by atoms with E-state index in [0.717, 1.165) is 5.56 Å². The van der Waals surface area contributed by atoms with Crippen molar-refractivity contribution in [3.8, 4) is 0 Å². The number of amides is 5. The summed E-state index contributed by atoms with van der Waals surface area (Å²) < 4.78 is 5.16. The minimum atomic E-state index is -0.640. The summed E-state index contributed by atoms with van der Waals surface area (Å²) in [6.45, 7) is 1.22. The third kappa shape index (κ3) is 6.03. The van der Waals surface area contributed by atoms with Gasteiger partial charge >= 0.3 is 12.0 Å². The van der Waals surface area contributed by atoms with Crippen molar-refractivity contribution in [2.75, 3.05) is 38.1 Å². The van der Waals surface area contributed by atoms with E-state index in [1.54, 1.807) is 34.1 Å². The van der Waals surface area contributed by atoms with E-state index in [0.29, 0.717) is 31.9 Å². The molecule has 2 fully saturated rings. The van der Waals surface area contributed by atoms with Crippen LogP contribution in [0.1, 0.15) is 28.8 Å². The number of anilines is 1. The first-order valence-corrected chi connectivity index (χ1v) is 11.4. The minimum absolute atomic E-state index is 0.167. The minimum Gasteiger partial charge on any atom is -0.452 e. The zero-order valence-corrected chi connectivity index (χ0v) is 19.1. The number of nitrogens with one attached hydrogen (secondary N) is 1. The van der Waals surface area contributed by atoms with Gasteiger partial charge in [-0.25, -0.2) is 9.59 Å². The molecule has 1 N–H and O–H groups in total. The van der Waals surface area contributed by atoms with Gasteiger partial charge in [-0.2, -0.15) is 0 Å². The number of imide groups is 1. The van der Waals surface area contributed by atoms with Gasteiger partial charge in [0.15, 0.2) is 6.61 Å². The van der Waals surface area contributed by atoms with Gasteiger partial charge in [-0.3, -0.25) is 19.3 Å². The van der Waals surface area contributed by atoms with Crippen molar-refractivity contribution >= 4 is 35.4 Å². The fourth-order valence-corrected chi connectivity index (χ4v) is 3.91. The molecule has 10 nitrogen and oxygen atoms in total. The van der Waals surface area contributed by atoms with E-state index in [1.807, 2.05) is 18.2 Å². The average molecular weight is 479 g/mol. The van der Waals surface area contributed by atoms with Gasteiger partial charge in [-0.05, 0) is 29.8 Å². The van der Waals surface area contributed by atoms with Gasteiger partial charge in [-0.1, -0.05) is 30.3 Å². The number of benzene rings is 2. The summed E-state index contributed by atoms with van der Waals surface area (Å²) in [4.78, 5) is 65.1. The first-order chi connectivity index (χ1) is 16.9. The first kappa shape index (κ1) is 23.9. The zero-order valence-electron chi connectivity index (χ0n) is 19.1. The van der Waals surface area contributed by atoms with Gasteiger partial charge in [0.2, 0.25) is 11.8 Å². The van der Waals surface area contributed by atoms with Crippen molar-refractivity contribution in [2.24, 2.45) is 0 Å². The zero-order chi connectivity index (χ0) is 24.8. The number of hydrogen-bond donors (Lipinski definition) is 1. The van der Waals surface area contributed by atoms with Gasteiger partial charge in [0, 0.05) is 44.7 Å². The average Bonchev–Trinajstić information content (AvgIpc) is 3.20. The van der Waals surface area contributed by atoms with Crippen LogP contribution < -0.4 is 5.32 Å². The Kier molecular flexibility index (Phi) is 7.39. The van der Waals surface area contributed by atoms with E-state index in [4.69, 9.17) is 4.74 Å². The maximum Gasteiger partial charge on any atom is 0.338 e. The topological polar surface area (TPSA) is 116 Å². The molecule has 0 aromatic heterocycles. The Labute approximate surface area is 202 Å². The van der Waals surface area contributed by atoms with Gasteiger partial charge in [0.05, 0.1) is 12.1 Å². The lowest BCUT2D eigenvalue weighted by molar-refractivity contribution is -0.139. The molecule has 5 amide bonds. The number of ether oxygens (including phenoxy) is 1. The highest BCUT2D eigenvalue weighted by molar-refractivity contribution is 6.01. The van der Waals surface area contributed by atoms with Crippen molar-refractivity contribution in [3.63, 3.8) is 0 Å². The lowest BCUT2D eigenvalue weighted by Crippen LogP contribution is -2.52. The van der Waals surface area contributed by atoms with E-state index in [-0.39, 0.29) is 48.7 Å². The van der Waals surface area contributed by atoms with E-state index in [2.05, 4.69) is 5.32 Å². The maximum atomic E-state index is 12.5. The molecule has 2 aliphatic heterocycles. The SMILES string of the molecule is O=C(OCC(=O)N1CCN(C(=O)Nc2ccccc2)CC1)c1ccc(CN2C(=O)CCC2=O)cc1. The number of piperazine rings is 1. The normalized spacial score (nSPS) is 15.8. The van der Waals surface area contributed by atoms with Crippen molar-refractivity contribution < 1.29 is 28.7 Å². The molecule has 0 aliphatic carbocycles. The van der Waals surface area contributed by atoms with Crippen molar-refractivity contribution in [3.05, 3.63) is 65.7 Å². The summed E-state index contributed by atoms with van der Waals surface area (Å²) >= 11 is 0. The Morgan fingerprint density at radius 1 is 0.800 bits per heavy atom. The quantitative estimate of drug-likeness (QED) is 0.501. The van der Waals surface area contributed by atoms with Gasteiger partial charge < -0.3 is 19.9 Å². The molecule has 35 heavy (non-hydrogen) atoms. The summed E-state index contributed by atoms with van der Waals surface area (Å²) in [6.07, 6.45) is 0.459. The highest BCUT2D eigenvalue weighted by atomic mass is 16.5. The van der Waals surface area contributed by atoms with E-state index in [9.17, 15) is 24.0 Å². The lowest BCUT2D eigenvalue weighted by Gasteiger charge is -2.34. The molecule has 2 aromatic rings. The maximum absolute atomic E-state index is 12.5. The summed E-state index contributed by atoms with van der Waals surface area (Å²) in [5.41, 5.74) is 1.69. The van der Waals surface area contributed by atoms with Crippen LogP contribution in [0.2, 0.25) is 0 Å². The predicted octanol–water partition coefficient (Wildman–Crippen LogP) is 1.87. The number of likely N-dealkylation sites (tertiary alicyclic amines) is 1. The summed E-state index contributed by atoms with van der Waals surface area (Å²) in [5, 5.41) is 2.82. The number of carbonyl (C=O) groups is 5. The third-order valence-corrected chi connectivity index (χ3v) is 5.96. The molecular weight excluding hydrogens is 452 g/mol. The molecule has 182 valence electrons. The highest BCUT2D eigenvalue weighted by Crippen LogP contribution is 2.16. The summed E-state index contributed by atoms with van der Waals surface area (Å²) in [5.74, 6) is -1.37. The van der Waals surface area contributed by atoms with Crippen molar-refractivity contribution in [1.29, 1.82) is 0 Å². The standard InChI is InChI=1S/C25H26N4O6/c30-21-10-11-22(31)29(21)16-18-6-8-19(9-7-18)24(33)35-17-23(32)27-12-14-28(15-13-27)25(34)26-20-4-2-1-3-5-20/h1-9H,10-17H2,(H,26,34). The first-order valence-electron chi connectivity index (χ1n) is 11.4. The number of carbonyl (C=O) groups excluding carboxylic acids is 5. The molecule has 2 saturated heterocycles. The number of para-hydroxylation sites is 1. The molecule has 4 rings (SSSR count). The Hall–Kier alpha value is -4.21. The highest BCUT2D eigenvalue weighted by Gasteiger charge is 2.29. The van der Waals surface area contributed by atoms with E-state index in [1.165, 1.54) is 17.0 Å².